The Morgan fingerprint density at radius 3 is 1.25 bits per heavy atom. The van der Waals surface area contributed by atoms with Gasteiger partial charge in [0.25, 0.3) is 0 Å². The summed E-state index contributed by atoms with van der Waals surface area (Å²) in [6.07, 6.45) is 60.6. The molecule has 0 aromatic carbocycles. The summed E-state index contributed by atoms with van der Waals surface area (Å²) < 4.78 is 5.95. The molecule has 0 rings (SSSR count). The highest BCUT2D eigenvalue weighted by atomic mass is 16.5. The fourth-order valence-corrected chi connectivity index (χ4v) is 8.50. The van der Waals surface area contributed by atoms with Crippen LogP contribution in [0.3, 0.4) is 0 Å². The monoisotopic (exact) mass is 886 g/mol. The van der Waals surface area contributed by atoms with E-state index in [1.54, 1.807) is 0 Å². The van der Waals surface area contributed by atoms with Crippen molar-refractivity contribution < 1.29 is 24.5 Å². The number of aliphatic hydroxyl groups excluding tert-OH is 2. The van der Waals surface area contributed by atoms with Gasteiger partial charge >= 0.3 is 5.97 Å². The normalized spacial score (nSPS) is 13.4. The molecule has 0 bridgehead atoms. The van der Waals surface area contributed by atoms with Gasteiger partial charge in [0.1, 0.15) is 6.10 Å². The van der Waals surface area contributed by atoms with E-state index >= 15 is 0 Å². The van der Waals surface area contributed by atoms with Gasteiger partial charge in [0.15, 0.2) is 0 Å². The number of carbonyl (C=O) groups excluding carboxylic acids is 2. The van der Waals surface area contributed by atoms with E-state index in [2.05, 4.69) is 62.5 Å². The van der Waals surface area contributed by atoms with Crippen molar-refractivity contribution in [3.63, 3.8) is 0 Å². The van der Waals surface area contributed by atoms with Crippen molar-refractivity contribution in [2.75, 3.05) is 6.61 Å². The van der Waals surface area contributed by atoms with Gasteiger partial charge in [0.2, 0.25) is 5.91 Å². The largest absolute Gasteiger partial charge is 0.462 e. The molecule has 0 aliphatic heterocycles. The summed E-state index contributed by atoms with van der Waals surface area (Å²) in [5.41, 5.74) is 0. The molecular weight excluding hydrogens is 779 g/mol. The first-order chi connectivity index (χ1) is 31.0. The van der Waals surface area contributed by atoms with Crippen molar-refractivity contribution in [3.05, 3.63) is 36.5 Å². The van der Waals surface area contributed by atoms with Crippen LogP contribution in [0.5, 0.6) is 0 Å². The Kier molecular flexibility index (Phi) is 49.5. The summed E-state index contributed by atoms with van der Waals surface area (Å²) in [7, 11) is 0. The summed E-state index contributed by atoms with van der Waals surface area (Å²) in [4.78, 5) is 26.2. The van der Waals surface area contributed by atoms with Gasteiger partial charge in [-0.05, 0) is 64.2 Å². The Hall–Kier alpha value is -1.92. The van der Waals surface area contributed by atoms with Crippen LogP contribution in [-0.2, 0) is 14.3 Å². The van der Waals surface area contributed by atoms with Crippen molar-refractivity contribution in [2.45, 2.75) is 309 Å². The van der Waals surface area contributed by atoms with Crippen LogP contribution in [0.2, 0.25) is 0 Å². The summed E-state index contributed by atoms with van der Waals surface area (Å²) in [5.74, 6) is -0.485. The highest BCUT2D eigenvalue weighted by molar-refractivity contribution is 5.77. The molecule has 0 spiro atoms. The third kappa shape index (κ3) is 46.4. The molecule has 6 heteroatoms. The predicted molar refractivity (Wildman–Crippen MR) is 273 cm³/mol. The number of aliphatic hydroxyl groups is 2. The van der Waals surface area contributed by atoms with Crippen LogP contribution in [0, 0.1) is 0 Å². The lowest BCUT2D eigenvalue weighted by molar-refractivity contribution is -0.151. The van der Waals surface area contributed by atoms with Crippen molar-refractivity contribution in [2.24, 2.45) is 0 Å². The average Bonchev–Trinajstić information content (AvgIpc) is 3.28. The minimum absolute atomic E-state index is 0.0728. The SMILES string of the molecule is CCCCC/C=C\C/C=C\C/C=C\CCCCCCC(=O)OC(CCCCCCCCCCCCCCCCCC)CC(=O)NC(CO)C(O)CCCCCCCCCCCCC. The van der Waals surface area contributed by atoms with E-state index in [1.165, 1.54) is 167 Å². The molecule has 0 aliphatic rings. The Bertz CT molecular complexity index is 1040. The molecule has 0 heterocycles. The number of amides is 1. The summed E-state index contributed by atoms with van der Waals surface area (Å²) in [6, 6.07) is -0.703. The van der Waals surface area contributed by atoms with Gasteiger partial charge in [-0.1, -0.05) is 250 Å². The van der Waals surface area contributed by atoms with Gasteiger partial charge in [-0.3, -0.25) is 9.59 Å². The zero-order chi connectivity index (χ0) is 45.9. The molecule has 0 saturated heterocycles. The van der Waals surface area contributed by atoms with Crippen molar-refractivity contribution >= 4 is 11.9 Å². The predicted octanol–water partition coefficient (Wildman–Crippen LogP) is 16.8. The lowest BCUT2D eigenvalue weighted by atomic mass is 10.0. The number of ether oxygens (including phenoxy) is 1. The van der Waals surface area contributed by atoms with E-state index in [0.29, 0.717) is 19.3 Å². The van der Waals surface area contributed by atoms with Crippen LogP contribution in [0.1, 0.15) is 290 Å². The second kappa shape index (κ2) is 51.1. The van der Waals surface area contributed by atoms with Crippen LogP contribution in [0.4, 0.5) is 0 Å². The summed E-state index contributed by atoms with van der Waals surface area (Å²) >= 11 is 0. The van der Waals surface area contributed by atoms with Crippen molar-refractivity contribution in [1.82, 2.24) is 5.32 Å². The summed E-state index contributed by atoms with van der Waals surface area (Å²) in [6.45, 7) is 6.47. The number of hydrogen-bond donors (Lipinski definition) is 3. The molecule has 1 amide bonds. The van der Waals surface area contributed by atoms with Crippen LogP contribution in [0.15, 0.2) is 36.5 Å². The molecule has 3 atom stereocenters. The highest BCUT2D eigenvalue weighted by Crippen LogP contribution is 2.18. The first kappa shape index (κ1) is 61.1. The average molecular weight is 886 g/mol. The second-order valence-electron chi connectivity index (χ2n) is 19.0. The van der Waals surface area contributed by atoms with Gasteiger partial charge in [0, 0.05) is 6.42 Å². The maximum absolute atomic E-state index is 13.2. The molecule has 0 radical (unpaired) electrons. The van der Waals surface area contributed by atoms with Crippen molar-refractivity contribution in [1.29, 1.82) is 0 Å². The maximum Gasteiger partial charge on any atom is 0.306 e. The second-order valence-corrected chi connectivity index (χ2v) is 19.0. The molecule has 6 nitrogen and oxygen atoms in total. The third-order valence-electron chi connectivity index (χ3n) is 12.7. The first-order valence-corrected chi connectivity index (χ1v) is 27.7. The number of esters is 1. The molecule has 0 aromatic rings. The lowest BCUT2D eigenvalue weighted by Crippen LogP contribution is -2.46. The quantitative estimate of drug-likeness (QED) is 0.0321. The van der Waals surface area contributed by atoms with Gasteiger partial charge < -0.3 is 20.3 Å². The number of rotatable bonds is 50. The van der Waals surface area contributed by atoms with Gasteiger partial charge in [-0.25, -0.2) is 0 Å². The number of nitrogens with one attached hydrogen (secondary N) is 1. The molecule has 63 heavy (non-hydrogen) atoms. The molecule has 0 aliphatic carbocycles. The van der Waals surface area contributed by atoms with Gasteiger partial charge in [-0.2, -0.15) is 0 Å². The molecule has 0 fully saturated rings. The fourth-order valence-electron chi connectivity index (χ4n) is 8.50. The van der Waals surface area contributed by atoms with Crippen LogP contribution in [0.25, 0.3) is 0 Å². The van der Waals surface area contributed by atoms with E-state index in [0.717, 1.165) is 77.0 Å². The molecule has 370 valence electrons. The van der Waals surface area contributed by atoms with Crippen molar-refractivity contribution in [3.8, 4) is 0 Å². The van der Waals surface area contributed by atoms with Gasteiger partial charge in [-0.15, -0.1) is 0 Å². The van der Waals surface area contributed by atoms with E-state index < -0.39 is 18.2 Å². The van der Waals surface area contributed by atoms with E-state index in [4.69, 9.17) is 4.74 Å². The van der Waals surface area contributed by atoms with E-state index in [-0.39, 0.29) is 24.9 Å². The number of unbranched alkanes of at least 4 members (excludes halogenated alkanes) is 32. The smallest absolute Gasteiger partial charge is 0.306 e. The molecular formula is C57H107NO5. The number of allylic oxidation sites excluding steroid dienone is 6. The fraction of sp³-hybridized carbons (Fsp3) is 0.860. The molecule has 0 aromatic heterocycles. The number of carbonyl (C=O) groups is 2. The third-order valence-corrected chi connectivity index (χ3v) is 12.7. The minimum Gasteiger partial charge on any atom is -0.462 e. The van der Waals surface area contributed by atoms with Crippen LogP contribution in [-0.4, -0.2) is 46.9 Å². The first-order valence-electron chi connectivity index (χ1n) is 27.7. The topological polar surface area (TPSA) is 95.9 Å². The lowest BCUT2D eigenvalue weighted by Gasteiger charge is -2.24. The maximum atomic E-state index is 13.2. The van der Waals surface area contributed by atoms with E-state index in [9.17, 15) is 19.8 Å². The zero-order valence-corrected chi connectivity index (χ0v) is 42.2. The summed E-state index contributed by atoms with van der Waals surface area (Å²) in [5, 5.41) is 23.8. The molecule has 0 saturated carbocycles. The molecule has 3 N–H and O–H groups in total. The Morgan fingerprint density at radius 1 is 0.460 bits per heavy atom. The van der Waals surface area contributed by atoms with Gasteiger partial charge in [0.05, 0.1) is 25.2 Å². The highest BCUT2D eigenvalue weighted by Gasteiger charge is 2.24. The Morgan fingerprint density at radius 2 is 0.810 bits per heavy atom. The Balaban J connectivity index is 4.58. The molecule has 3 unspecified atom stereocenters. The number of hydrogen-bond acceptors (Lipinski definition) is 5. The minimum atomic E-state index is -0.788. The standard InChI is InChI=1S/C57H107NO5/c1-4-7-10-13-16-19-22-24-26-28-30-32-35-38-41-44-47-50-57(62)63-53(48-45-42-39-36-34-31-29-27-25-23-20-17-14-11-8-5-2)51-56(61)58-54(52-59)55(60)49-46-43-40-37-33-21-18-15-12-9-6-3/h16,19,24,26,30,32,53-55,59-60H,4-15,17-18,20-23,25,27-29,31,33-52H2,1-3H3,(H,58,61)/b19-16-,26-24-,32-30-. The Labute approximate surface area is 392 Å². The van der Waals surface area contributed by atoms with E-state index in [1.807, 2.05) is 0 Å². The van der Waals surface area contributed by atoms with Crippen LogP contribution >= 0.6 is 0 Å². The zero-order valence-electron chi connectivity index (χ0n) is 42.2. The van der Waals surface area contributed by atoms with Crippen LogP contribution < -0.4 is 5.32 Å².